The Morgan fingerprint density at radius 1 is 0.980 bits per heavy atom. The number of aromatic nitrogens is 3. The van der Waals surface area contributed by atoms with Crippen LogP contribution in [0.3, 0.4) is 0 Å². The van der Waals surface area contributed by atoms with Gasteiger partial charge in [0.15, 0.2) is 0 Å². The van der Waals surface area contributed by atoms with Crippen LogP contribution in [0.4, 0.5) is 0 Å². The molecule has 0 saturated carbocycles. The van der Waals surface area contributed by atoms with Crippen LogP contribution in [0.25, 0.3) is 44.7 Å². The number of halogens is 2. The fourth-order valence-corrected chi connectivity index (χ4v) is 7.47. The van der Waals surface area contributed by atoms with E-state index >= 15 is 0 Å². The van der Waals surface area contributed by atoms with Crippen LogP contribution in [0.1, 0.15) is 36.8 Å². The molecule has 9 nitrogen and oxygen atoms in total. The first kappa shape index (κ1) is 33.5. The highest BCUT2D eigenvalue weighted by atomic mass is 35.5. The minimum absolute atomic E-state index is 0.113. The van der Waals surface area contributed by atoms with Crippen molar-refractivity contribution in [2.45, 2.75) is 50.9 Å². The van der Waals surface area contributed by atoms with Gasteiger partial charge >= 0.3 is 0 Å². The van der Waals surface area contributed by atoms with Crippen molar-refractivity contribution in [1.82, 2.24) is 30.5 Å². The smallest absolute Gasteiger partial charge is 0.220 e. The summed E-state index contributed by atoms with van der Waals surface area (Å²) >= 11 is 14.3. The first-order chi connectivity index (χ1) is 23.9. The number of hydrogen-bond donors (Lipinski definition) is 3. The number of benzene rings is 2. The van der Waals surface area contributed by atoms with Gasteiger partial charge in [-0.1, -0.05) is 53.5 Å². The number of methoxy groups -OCH3 is 1. The number of carbonyl (C=O) groups is 1. The van der Waals surface area contributed by atoms with E-state index in [0.29, 0.717) is 41.3 Å². The zero-order chi connectivity index (χ0) is 33.9. The molecule has 3 aromatic heterocycles. The van der Waals surface area contributed by atoms with E-state index in [9.17, 15) is 4.79 Å². The number of amides is 1. The van der Waals surface area contributed by atoms with Gasteiger partial charge in [0, 0.05) is 104 Å². The van der Waals surface area contributed by atoms with Gasteiger partial charge in [0.05, 0.1) is 28.5 Å². The number of nitrogens with zero attached hydrogens (tertiary/aromatic N) is 3. The van der Waals surface area contributed by atoms with E-state index in [2.05, 4.69) is 37.8 Å². The van der Waals surface area contributed by atoms with Crippen LogP contribution in [0.5, 0.6) is 5.75 Å². The van der Waals surface area contributed by atoms with Gasteiger partial charge in [0.25, 0.3) is 0 Å². The van der Waals surface area contributed by atoms with Crippen molar-refractivity contribution in [2.24, 2.45) is 7.05 Å². The molecule has 2 aliphatic rings. The van der Waals surface area contributed by atoms with Crippen LogP contribution in [-0.2, 0) is 29.7 Å². The Bertz CT molecular complexity index is 1990. The highest BCUT2D eigenvalue weighted by molar-refractivity contribution is 6.39. The Labute approximate surface area is 296 Å². The maximum atomic E-state index is 11.5. The zero-order valence-electron chi connectivity index (χ0n) is 27.7. The van der Waals surface area contributed by atoms with Crippen LogP contribution in [0.2, 0.25) is 10.0 Å². The normalized spacial score (nSPS) is 16.7. The summed E-state index contributed by atoms with van der Waals surface area (Å²) in [4.78, 5) is 21.2. The van der Waals surface area contributed by atoms with Gasteiger partial charge in [-0.05, 0) is 49.1 Å². The van der Waals surface area contributed by atoms with Gasteiger partial charge in [0.2, 0.25) is 5.91 Å². The van der Waals surface area contributed by atoms with Crippen molar-refractivity contribution in [3.63, 3.8) is 0 Å². The van der Waals surface area contributed by atoms with Gasteiger partial charge in [-0.15, -0.1) is 0 Å². The lowest BCUT2D eigenvalue weighted by Crippen LogP contribution is -2.35. The maximum absolute atomic E-state index is 11.5. The molecule has 0 aliphatic carbocycles. The summed E-state index contributed by atoms with van der Waals surface area (Å²) in [7, 11) is 3.69. The topological polar surface area (TPSA) is 102 Å². The Hall–Kier alpha value is -3.99. The Morgan fingerprint density at radius 2 is 1.80 bits per heavy atom. The molecule has 5 aromatic rings. The number of rotatable bonds is 11. The molecule has 11 heteroatoms. The number of fused-ring (bicyclic) bond motifs is 1. The number of ether oxygens (including phenoxy) is 2. The summed E-state index contributed by atoms with van der Waals surface area (Å²) in [5, 5.41) is 12.3. The minimum atomic E-state index is 0.113. The van der Waals surface area contributed by atoms with Gasteiger partial charge in [-0.25, -0.2) is 4.98 Å². The molecular formula is C38H40Cl2N6O3. The highest BCUT2D eigenvalue weighted by Gasteiger charge is 2.21. The molecule has 1 atom stereocenters. The van der Waals surface area contributed by atoms with Crippen molar-refractivity contribution in [2.75, 3.05) is 26.9 Å². The van der Waals surface area contributed by atoms with Crippen molar-refractivity contribution in [3.8, 4) is 39.4 Å². The number of nitrogens with one attached hydrogen (secondary N) is 3. The molecular weight excluding hydrogens is 659 g/mol. The molecule has 0 unspecified atom stereocenters. The second-order valence-corrected chi connectivity index (χ2v) is 13.5. The molecule has 2 aliphatic heterocycles. The van der Waals surface area contributed by atoms with Crippen molar-refractivity contribution >= 4 is 40.1 Å². The average molecular weight is 700 g/mol. The summed E-state index contributed by atoms with van der Waals surface area (Å²) in [6.45, 7) is 3.73. The summed E-state index contributed by atoms with van der Waals surface area (Å²) < 4.78 is 13.3. The molecule has 254 valence electrons. The number of pyridine rings is 2. The quantitative estimate of drug-likeness (QED) is 0.138. The van der Waals surface area contributed by atoms with Gasteiger partial charge in [-0.3, -0.25) is 9.78 Å². The predicted octanol–water partition coefficient (Wildman–Crippen LogP) is 6.92. The minimum Gasteiger partial charge on any atom is -0.496 e. The Morgan fingerprint density at radius 3 is 2.59 bits per heavy atom. The fourth-order valence-electron chi connectivity index (χ4n) is 6.82. The third-order valence-corrected chi connectivity index (χ3v) is 10.3. The molecule has 0 radical (unpaired) electrons. The van der Waals surface area contributed by atoms with Crippen molar-refractivity contribution in [3.05, 3.63) is 88.2 Å². The third-order valence-electron chi connectivity index (χ3n) is 9.51. The molecule has 49 heavy (non-hydrogen) atoms. The molecule has 5 heterocycles. The van der Waals surface area contributed by atoms with Crippen LogP contribution < -0.4 is 20.7 Å². The van der Waals surface area contributed by atoms with Crippen LogP contribution in [-0.4, -0.2) is 59.4 Å². The second-order valence-electron chi connectivity index (χ2n) is 12.7. The van der Waals surface area contributed by atoms with E-state index in [-0.39, 0.29) is 11.9 Å². The van der Waals surface area contributed by atoms with Crippen molar-refractivity contribution in [1.29, 1.82) is 0 Å². The predicted molar refractivity (Wildman–Crippen MR) is 195 cm³/mol. The number of aryl methyl sites for hydroxylation is 1. The molecule has 7 rings (SSSR count). The standard InChI is InChI=1S/C38H40Cl2N6O3/c1-46-22-25(20-43-26-13-16-49-17-14-26)28-9-10-32(45-38(28)46)31-5-3-4-29(35(31)39)30-12-15-42-37(36(30)40)23-6-7-24(33(18-23)48-2)19-41-21-27-8-11-34(47)44-27/h3-7,9-10,12,15,18,22,26-27,41,43H,8,11,13-14,16-17,19-21H2,1-2H3,(H,44,47)/t27-/m1/s1. The fraction of sp³-hybridized carbons (Fsp3) is 0.342. The first-order valence-corrected chi connectivity index (χ1v) is 17.5. The monoisotopic (exact) mass is 698 g/mol. The summed E-state index contributed by atoms with van der Waals surface area (Å²) in [5.41, 5.74) is 7.80. The van der Waals surface area contributed by atoms with Gasteiger partial charge in [-0.2, -0.15) is 0 Å². The molecule has 3 N–H and O–H groups in total. The lowest BCUT2D eigenvalue weighted by atomic mass is 9.99. The van der Waals surface area contributed by atoms with E-state index in [4.69, 9.17) is 37.7 Å². The number of hydrogen-bond acceptors (Lipinski definition) is 7. The van der Waals surface area contributed by atoms with Gasteiger partial charge in [0.1, 0.15) is 11.4 Å². The molecule has 2 saturated heterocycles. The SMILES string of the molecule is COc1cc(-c2nccc(-c3cccc(-c4ccc5c(CNC6CCOCC6)cn(C)c5n4)c3Cl)c2Cl)ccc1CNC[C@H]1CCC(=O)N1. The number of carbonyl (C=O) groups excluding carboxylic acids is 1. The Kier molecular flexibility index (Phi) is 10.2. The molecule has 2 fully saturated rings. The van der Waals surface area contributed by atoms with Gasteiger partial charge < -0.3 is 30.0 Å². The zero-order valence-corrected chi connectivity index (χ0v) is 29.2. The second kappa shape index (κ2) is 14.9. The third kappa shape index (κ3) is 7.18. The van der Waals surface area contributed by atoms with Crippen LogP contribution >= 0.6 is 23.2 Å². The van der Waals surface area contributed by atoms with E-state index in [0.717, 1.165) is 89.3 Å². The van der Waals surface area contributed by atoms with E-state index in [1.165, 1.54) is 5.56 Å². The maximum Gasteiger partial charge on any atom is 0.220 e. The van der Waals surface area contributed by atoms with E-state index in [1.54, 1.807) is 13.3 Å². The van der Waals surface area contributed by atoms with Crippen LogP contribution in [0, 0.1) is 0 Å². The summed E-state index contributed by atoms with van der Waals surface area (Å²) in [5.74, 6) is 0.843. The first-order valence-electron chi connectivity index (χ1n) is 16.8. The highest BCUT2D eigenvalue weighted by Crippen LogP contribution is 2.42. The molecule has 1 amide bonds. The largest absolute Gasteiger partial charge is 0.496 e. The molecule has 0 bridgehead atoms. The Balaban J connectivity index is 1.13. The van der Waals surface area contributed by atoms with E-state index < -0.39 is 0 Å². The average Bonchev–Trinajstić information content (AvgIpc) is 3.69. The molecule has 0 spiro atoms. The van der Waals surface area contributed by atoms with Crippen molar-refractivity contribution < 1.29 is 14.3 Å². The lowest BCUT2D eigenvalue weighted by Gasteiger charge is -2.23. The lowest BCUT2D eigenvalue weighted by molar-refractivity contribution is -0.119. The molecule has 2 aromatic carbocycles. The summed E-state index contributed by atoms with van der Waals surface area (Å²) in [6.07, 6.45) is 7.41. The summed E-state index contributed by atoms with van der Waals surface area (Å²) in [6, 6.07) is 18.6. The van der Waals surface area contributed by atoms with E-state index in [1.807, 2.05) is 55.6 Å². The van der Waals surface area contributed by atoms with Crippen LogP contribution in [0.15, 0.2) is 67.0 Å².